The zero-order valence-electron chi connectivity index (χ0n) is 12.4. The number of benzene rings is 2. The minimum absolute atomic E-state index is 0.886. The summed E-state index contributed by atoms with van der Waals surface area (Å²) in [5.41, 5.74) is 5.02. The van der Waals surface area contributed by atoms with Crippen LogP contribution in [0.25, 0.3) is 11.3 Å². The molecule has 3 aromatic rings. The van der Waals surface area contributed by atoms with Crippen LogP contribution in [0.4, 0.5) is 0 Å². The first-order valence-electron chi connectivity index (χ1n) is 7.12. The fourth-order valence-corrected chi connectivity index (χ4v) is 2.56. The normalized spacial score (nSPS) is 10.6. The largest absolute Gasteiger partial charge is 0.497 e. The Kier molecular flexibility index (Phi) is 3.78. The Labute approximate surface area is 125 Å². The van der Waals surface area contributed by atoms with Crippen molar-refractivity contribution in [2.24, 2.45) is 0 Å². The van der Waals surface area contributed by atoms with E-state index in [1.54, 1.807) is 7.11 Å². The molecule has 2 aromatic carbocycles. The van der Waals surface area contributed by atoms with Gasteiger partial charge in [0, 0.05) is 17.9 Å². The maximum absolute atomic E-state index is 5.23. The van der Waals surface area contributed by atoms with E-state index in [4.69, 9.17) is 4.74 Å². The van der Waals surface area contributed by atoms with Gasteiger partial charge in [-0.25, -0.2) is 0 Å². The number of hydrogen-bond donors (Lipinski definition) is 0. The van der Waals surface area contributed by atoms with E-state index in [1.165, 1.54) is 22.5 Å². The van der Waals surface area contributed by atoms with Crippen LogP contribution in [0.5, 0.6) is 5.75 Å². The van der Waals surface area contributed by atoms with Gasteiger partial charge in [0.05, 0.1) is 7.11 Å². The molecule has 0 aliphatic heterocycles. The highest BCUT2D eigenvalue weighted by molar-refractivity contribution is 5.62. The van der Waals surface area contributed by atoms with Crippen LogP contribution in [0.2, 0.25) is 0 Å². The molecule has 2 heteroatoms. The van der Waals surface area contributed by atoms with Crippen molar-refractivity contribution < 1.29 is 4.74 Å². The minimum Gasteiger partial charge on any atom is -0.497 e. The van der Waals surface area contributed by atoms with E-state index < -0.39 is 0 Å². The Hall–Kier alpha value is -2.48. The zero-order chi connectivity index (χ0) is 14.7. The van der Waals surface area contributed by atoms with Crippen LogP contribution in [0.3, 0.4) is 0 Å². The smallest absolute Gasteiger partial charge is 0.118 e. The van der Waals surface area contributed by atoms with Crippen LogP contribution < -0.4 is 4.74 Å². The van der Waals surface area contributed by atoms with Crippen LogP contribution in [-0.4, -0.2) is 11.7 Å². The van der Waals surface area contributed by atoms with Gasteiger partial charge in [0.25, 0.3) is 0 Å². The molecule has 0 amide bonds. The molecular weight excluding hydrogens is 258 g/mol. The highest BCUT2D eigenvalue weighted by Gasteiger charge is 2.08. The van der Waals surface area contributed by atoms with Crippen molar-refractivity contribution in [3.8, 4) is 17.0 Å². The lowest BCUT2D eigenvalue weighted by atomic mass is 10.1. The van der Waals surface area contributed by atoms with E-state index in [2.05, 4.69) is 66.1 Å². The Morgan fingerprint density at radius 1 is 0.857 bits per heavy atom. The maximum atomic E-state index is 5.23. The third-order valence-corrected chi connectivity index (χ3v) is 3.77. The molecule has 0 saturated heterocycles. The van der Waals surface area contributed by atoms with Gasteiger partial charge in [-0.15, -0.1) is 0 Å². The molecule has 2 nitrogen and oxygen atoms in total. The molecule has 3 rings (SSSR count). The predicted molar refractivity (Wildman–Crippen MR) is 86.7 cm³/mol. The SMILES string of the molecule is COc1ccc(-c2ccc(C)n2Cc2ccccc2)cc1. The van der Waals surface area contributed by atoms with Crippen LogP contribution in [0.1, 0.15) is 11.3 Å². The first-order chi connectivity index (χ1) is 10.3. The number of aryl methyl sites for hydroxylation is 1. The van der Waals surface area contributed by atoms with Crippen LogP contribution in [-0.2, 0) is 6.54 Å². The molecule has 0 unspecified atom stereocenters. The van der Waals surface area contributed by atoms with Gasteiger partial charge in [-0.2, -0.15) is 0 Å². The van der Waals surface area contributed by atoms with Crippen LogP contribution in [0, 0.1) is 6.92 Å². The first-order valence-corrected chi connectivity index (χ1v) is 7.12. The Morgan fingerprint density at radius 3 is 2.24 bits per heavy atom. The molecule has 0 aliphatic carbocycles. The fourth-order valence-electron chi connectivity index (χ4n) is 2.56. The van der Waals surface area contributed by atoms with Gasteiger partial charge in [-0.1, -0.05) is 30.3 Å². The number of methoxy groups -OCH3 is 1. The summed E-state index contributed by atoms with van der Waals surface area (Å²) in [5.74, 6) is 0.886. The average molecular weight is 277 g/mol. The molecule has 0 bridgehead atoms. The summed E-state index contributed by atoms with van der Waals surface area (Å²) in [7, 11) is 1.69. The first kappa shape index (κ1) is 13.5. The van der Waals surface area contributed by atoms with Crippen LogP contribution >= 0.6 is 0 Å². The summed E-state index contributed by atoms with van der Waals surface area (Å²) in [6.45, 7) is 3.04. The van der Waals surface area contributed by atoms with Gasteiger partial charge in [0.2, 0.25) is 0 Å². The zero-order valence-corrected chi connectivity index (χ0v) is 12.4. The highest BCUT2D eigenvalue weighted by atomic mass is 16.5. The van der Waals surface area contributed by atoms with Crippen molar-refractivity contribution in [1.29, 1.82) is 0 Å². The third kappa shape index (κ3) is 2.84. The number of ether oxygens (including phenoxy) is 1. The maximum Gasteiger partial charge on any atom is 0.118 e. The van der Waals surface area contributed by atoms with Crippen LogP contribution in [0.15, 0.2) is 66.7 Å². The second-order valence-electron chi connectivity index (χ2n) is 5.16. The van der Waals surface area contributed by atoms with Gasteiger partial charge in [0.1, 0.15) is 5.75 Å². The summed E-state index contributed by atoms with van der Waals surface area (Å²) in [4.78, 5) is 0. The van der Waals surface area contributed by atoms with Gasteiger partial charge < -0.3 is 9.30 Å². The third-order valence-electron chi connectivity index (χ3n) is 3.77. The van der Waals surface area contributed by atoms with Gasteiger partial charge in [-0.05, 0) is 54.4 Å². The molecule has 0 saturated carbocycles. The van der Waals surface area contributed by atoms with Crippen molar-refractivity contribution in [1.82, 2.24) is 4.57 Å². The standard InChI is InChI=1S/C19H19NO/c1-15-8-13-19(17-9-11-18(21-2)12-10-17)20(15)14-16-6-4-3-5-7-16/h3-13H,14H2,1-2H3. The number of aromatic nitrogens is 1. The molecule has 0 radical (unpaired) electrons. The molecular formula is C19H19NO. The predicted octanol–water partition coefficient (Wildman–Crippen LogP) is 4.52. The highest BCUT2D eigenvalue weighted by Crippen LogP contribution is 2.25. The Morgan fingerprint density at radius 2 is 1.57 bits per heavy atom. The number of hydrogen-bond acceptors (Lipinski definition) is 1. The Balaban J connectivity index is 1.96. The lowest BCUT2D eigenvalue weighted by Crippen LogP contribution is -2.03. The summed E-state index contributed by atoms with van der Waals surface area (Å²) in [6.07, 6.45) is 0. The van der Waals surface area contributed by atoms with E-state index in [9.17, 15) is 0 Å². The second-order valence-corrected chi connectivity index (χ2v) is 5.16. The Bertz CT molecular complexity index is 711. The van der Waals surface area contributed by atoms with Gasteiger partial charge in [0.15, 0.2) is 0 Å². The summed E-state index contributed by atoms with van der Waals surface area (Å²) in [6, 6.07) is 23.1. The van der Waals surface area contributed by atoms with Gasteiger partial charge >= 0.3 is 0 Å². The van der Waals surface area contributed by atoms with E-state index in [1.807, 2.05) is 12.1 Å². The van der Waals surface area contributed by atoms with Crippen molar-refractivity contribution in [3.63, 3.8) is 0 Å². The lowest BCUT2D eigenvalue weighted by molar-refractivity contribution is 0.415. The average Bonchev–Trinajstić information content (AvgIpc) is 2.90. The summed E-state index contributed by atoms with van der Waals surface area (Å²) >= 11 is 0. The minimum atomic E-state index is 0.886. The molecule has 0 aliphatic rings. The molecule has 0 atom stereocenters. The fraction of sp³-hybridized carbons (Fsp3) is 0.158. The van der Waals surface area contributed by atoms with E-state index in [0.717, 1.165) is 12.3 Å². The summed E-state index contributed by atoms with van der Waals surface area (Å²) in [5, 5.41) is 0. The van der Waals surface area contributed by atoms with Crippen molar-refractivity contribution in [2.45, 2.75) is 13.5 Å². The quantitative estimate of drug-likeness (QED) is 0.684. The summed E-state index contributed by atoms with van der Waals surface area (Å²) < 4.78 is 7.57. The molecule has 1 heterocycles. The monoisotopic (exact) mass is 277 g/mol. The van der Waals surface area contributed by atoms with E-state index in [0.29, 0.717) is 0 Å². The van der Waals surface area contributed by atoms with Crippen molar-refractivity contribution in [2.75, 3.05) is 7.11 Å². The van der Waals surface area contributed by atoms with Gasteiger partial charge in [-0.3, -0.25) is 0 Å². The molecule has 106 valence electrons. The van der Waals surface area contributed by atoms with E-state index >= 15 is 0 Å². The molecule has 0 N–H and O–H groups in total. The topological polar surface area (TPSA) is 14.2 Å². The molecule has 1 aromatic heterocycles. The molecule has 0 spiro atoms. The van der Waals surface area contributed by atoms with E-state index in [-0.39, 0.29) is 0 Å². The van der Waals surface area contributed by atoms with Crippen molar-refractivity contribution in [3.05, 3.63) is 78.0 Å². The molecule has 21 heavy (non-hydrogen) atoms. The second kappa shape index (κ2) is 5.88. The van der Waals surface area contributed by atoms with Crippen molar-refractivity contribution >= 4 is 0 Å². The lowest BCUT2D eigenvalue weighted by Gasteiger charge is -2.12. The number of rotatable bonds is 4. The number of nitrogens with zero attached hydrogens (tertiary/aromatic N) is 1. The molecule has 0 fully saturated rings.